The Balaban J connectivity index is 2.50. The van der Waals surface area contributed by atoms with E-state index in [1.165, 1.54) is 0 Å². The zero-order chi connectivity index (χ0) is 17.2. The first-order valence-electron chi connectivity index (χ1n) is 8.05. The Bertz CT molecular complexity index is 520. The molecule has 0 aromatic heterocycles. The Kier molecular flexibility index (Phi) is 8.11. The van der Waals surface area contributed by atoms with E-state index in [2.05, 4.69) is 10.6 Å². The minimum Gasteiger partial charge on any atom is -0.497 e. The van der Waals surface area contributed by atoms with Crippen molar-refractivity contribution in [2.45, 2.75) is 33.2 Å². The highest BCUT2D eigenvalue weighted by atomic mass is 16.5. The second-order valence-electron chi connectivity index (χ2n) is 5.61. The molecule has 3 N–H and O–H groups in total. The van der Waals surface area contributed by atoms with Gasteiger partial charge in [-0.3, -0.25) is 9.59 Å². The van der Waals surface area contributed by atoms with Gasteiger partial charge >= 0.3 is 0 Å². The van der Waals surface area contributed by atoms with Gasteiger partial charge in [-0.25, -0.2) is 0 Å². The van der Waals surface area contributed by atoms with E-state index in [0.717, 1.165) is 11.3 Å². The molecule has 0 fully saturated rings. The average molecular weight is 322 g/mol. The standard InChI is InChI=1S/C17H27N3O3/c1-5-13(3)18-16(21)11-20(6-2)12-17(22)19-14-8-7-9-15(10-14)23-4/h7-10,13H,5-6,11-12H2,1-4H3,(H,18,21)(H,19,22)/p+1/t13-/m0/s1. The maximum atomic E-state index is 12.1. The lowest BCUT2D eigenvalue weighted by Gasteiger charge is -2.18. The van der Waals surface area contributed by atoms with Crippen molar-refractivity contribution in [1.82, 2.24) is 5.32 Å². The highest BCUT2D eigenvalue weighted by Crippen LogP contribution is 2.16. The van der Waals surface area contributed by atoms with Crippen LogP contribution in [0.1, 0.15) is 27.2 Å². The smallest absolute Gasteiger partial charge is 0.279 e. The highest BCUT2D eigenvalue weighted by molar-refractivity contribution is 5.91. The number of carbonyl (C=O) groups excluding carboxylic acids is 2. The number of likely N-dealkylation sites (N-methyl/N-ethyl adjacent to an activating group) is 1. The van der Waals surface area contributed by atoms with Crippen molar-refractivity contribution in [3.8, 4) is 5.75 Å². The molecule has 1 unspecified atom stereocenters. The first kappa shape index (κ1) is 19.0. The zero-order valence-corrected chi connectivity index (χ0v) is 14.4. The van der Waals surface area contributed by atoms with Gasteiger partial charge in [0, 0.05) is 17.8 Å². The van der Waals surface area contributed by atoms with Crippen molar-refractivity contribution in [2.75, 3.05) is 32.1 Å². The first-order valence-corrected chi connectivity index (χ1v) is 8.05. The molecular weight excluding hydrogens is 294 g/mol. The molecule has 1 aromatic carbocycles. The molecule has 1 aromatic rings. The van der Waals surface area contributed by atoms with Crippen LogP contribution in [0.5, 0.6) is 5.75 Å². The molecule has 0 spiro atoms. The molecule has 23 heavy (non-hydrogen) atoms. The molecule has 0 aliphatic carbocycles. The number of rotatable bonds is 9. The molecule has 0 saturated heterocycles. The number of anilines is 1. The third kappa shape index (κ3) is 7.15. The summed E-state index contributed by atoms with van der Waals surface area (Å²) in [5, 5.41) is 5.76. The van der Waals surface area contributed by atoms with E-state index >= 15 is 0 Å². The predicted octanol–water partition coefficient (Wildman–Crippen LogP) is 0.453. The number of nitrogens with one attached hydrogen (secondary N) is 3. The number of methoxy groups -OCH3 is 1. The summed E-state index contributed by atoms with van der Waals surface area (Å²) in [6.45, 7) is 7.22. The van der Waals surface area contributed by atoms with Crippen molar-refractivity contribution >= 4 is 17.5 Å². The predicted molar refractivity (Wildman–Crippen MR) is 90.8 cm³/mol. The van der Waals surface area contributed by atoms with Gasteiger partial charge < -0.3 is 20.3 Å². The number of amides is 2. The fourth-order valence-electron chi connectivity index (χ4n) is 2.10. The van der Waals surface area contributed by atoms with Crippen molar-refractivity contribution in [3.63, 3.8) is 0 Å². The van der Waals surface area contributed by atoms with Crippen LogP contribution in [0.15, 0.2) is 24.3 Å². The van der Waals surface area contributed by atoms with Crippen LogP contribution in [0.25, 0.3) is 0 Å². The van der Waals surface area contributed by atoms with Crippen LogP contribution in [0.3, 0.4) is 0 Å². The monoisotopic (exact) mass is 322 g/mol. The fraction of sp³-hybridized carbons (Fsp3) is 0.529. The minimum atomic E-state index is -0.119. The molecule has 6 nitrogen and oxygen atoms in total. The number of ether oxygens (including phenoxy) is 1. The number of hydrogen-bond acceptors (Lipinski definition) is 3. The topological polar surface area (TPSA) is 71.9 Å². The van der Waals surface area contributed by atoms with Gasteiger partial charge in [-0.15, -0.1) is 0 Å². The van der Waals surface area contributed by atoms with Crippen LogP contribution in [-0.2, 0) is 9.59 Å². The summed E-state index contributed by atoms with van der Waals surface area (Å²) in [6, 6.07) is 7.36. The van der Waals surface area contributed by atoms with Crippen molar-refractivity contribution in [2.24, 2.45) is 0 Å². The molecule has 0 radical (unpaired) electrons. The summed E-state index contributed by atoms with van der Waals surface area (Å²) < 4.78 is 5.13. The van der Waals surface area contributed by atoms with Crippen molar-refractivity contribution in [1.29, 1.82) is 0 Å². The highest BCUT2D eigenvalue weighted by Gasteiger charge is 2.17. The lowest BCUT2D eigenvalue weighted by Crippen LogP contribution is -3.14. The van der Waals surface area contributed by atoms with Crippen LogP contribution in [0.4, 0.5) is 5.69 Å². The van der Waals surface area contributed by atoms with Crippen LogP contribution >= 0.6 is 0 Å². The third-order valence-corrected chi connectivity index (χ3v) is 3.69. The minimum absolute atomic E-state index is 0.0228. The molecule has 0 saturated carbocycles. The fourth-order valence-corrected chi connectivity index (χ4v) is 2.10. The van der Waals surface area contributed by atoms with Gasteiger partial charge in [-0.2, -0.15) is 0 Å². The normalized spacial score (nSPS) is 13.0. The molecule has 0 heterocycles. The van der Waals surface area contributed by atoms with Crippen LogP contribution < -0.4 is 20.3 Å². The van der Waals surface area contributed by atoms with Crippen LogP contribution in [0, 0.1) is 0 Å². The lowest BCUT2D eigenvalue weighted by atomic mass is 10.2. The van der Waals surface area contributed by atoms with E-state index in [1.807, 2.05) is 39.0 Å². The summed E-state index contributed by atoms with van der Waals surface area (Å²) >= 11 is 0. The van der Waals surface area contributed by atoms with E-state index < -0.39 is 0 Å². The Hall–Kier alpha value is -2.08. The van der Waals surface area contributed by atoms with Crippen LogP contribution in [-0.4, -0.2) is 44.6 Å². The Morgan fingerprint density at radius 1 is 1.22 bits per heavy atom. The van der Waals surface area contributed by atoms with Gasteiger partial charge in [-0.1, -0.05) is 13.0 Å². The van der Waals surface area contributed by atoms with Gasteiger partial charge in [0.1, 0.15) is 5.75 Å². The van der Waals surface area contributed by atoms with Gasteiger partial charge in [0.05, 0.1) is 13.7 Å². The maximum absolute atomic E-state index is 12.1. The molecule has 2 atom stereocenters. The maximum Gasteiger partial charge on any atom is 0.279 e. The second kappa shape index (κ2) is 9.84. The second-order valence-corrected chi connectivity index (χ2v) is 5.61. The van der Waals surface area contributed by atoms with Gasteiger partial charge in [0.2, 0.25) is 0 Å². The van der Waals surface area contributed by atoms with Crippen LogP contribution in [0.2, 0.25) is 0 Å². The molecule has 128 valence electrons. The zero-order valence-electron chi connectivity index (χ0n) is 14.4. The number of hydrogen-bond donors (Lipinski definition) is 3. The summed E-state index contributed by atoms with van der Waals surface area (Å²) in [7, 11) is 1.58. The van der Waals surface area contributed by atoms with Gasteiger partial charge in [0.15, 0.2) is 13.1 Å². The summed E-state index contributed by atoms with van der Waals surface area (Å²) in [4.78, 5) is 25.0. The number of carbonyl (C=O) groups is 2. The summed E-state index contributed by atoms with van der Waals surface area (Å²) in [5.41, 5.74) is 0.689. The first-order chi connectivity index (χ1) is 11.0. The third-order valence-electron chi connectivity index (χ3n) is 3.69. The van der Waals surface area contributed by atoms with E-state index in [9.17, 15) is 9.59 Å². The molecule has 0 aliphatic heterocycles. The lowest BCUT2D eigenvalue weighted by molar-refractivity contribution is -0.881. The number of quaternary nitrogens is 1. The molecule has 2 amide bonds. The average Bonchev–Trinajstić information content (AvgIpc) is 2.53. The van der Waals surface area contributed by atoms with Gasteiger partial charge in [-0.05, 0) is 32.4 Å². The quantitative estimate of drug-likeness (QED) is 0.618. The summed E-state index contributed by atoms with van der Waals surface area (Å²) in [5.74, 6) is 0.548. The largest absolute Gasteiger partial charge is 0.497 e. The Morgan fingerprint density at radius 3 is 2.52 bits per heavy atom. The SMILES string of the molecule is CC[C@H](C)NC(=O)C[NH+](CC)CC(=O)Nc1cccc(OC)c1. The van der Waals surface area contributed by atoms with E-state index in [4.69, 9.17) is 4.74 Å². The molecule has 1 rings (SSSR count). The van der Waals surface area contributed by atoms with E-state index in [-0.39, 0.29) is 24.4 Å². The van der Waals surface area contributed by atoms with E-state index in [0.29, 0.717) is 24.5 Å². The van der Waals surface area contributed by atoms with Crippen molar-refractivity contribution < 1.29 is 19.2 Å². The summed E-state index contributed by atoms with van der Waals surface area (Å²) in [6.07, 6.45) is 0.892. The molecule has 6 heteroatoms. The van der Waals surface area contributed by atoms with Gasteiger partial charge in [0.25, 0.3) is 11.8 Å². The van der Waals surface area contributed by atoms with Crippen molar-refractivity contribution in [3.05, 3.63) is 24.3 Å². The molecule has 0 aliphatic rings. The molecular formula is C17H28N3O3+. The Labute approximate surface area is 138 Å². The number of benzene rings is 1. The Morgan fingerprint density at radius 2 is 1.91 bits per heavy atom. The molecule has 0 bridgehead atoms. The van der Waals surface area contributed by atoms with E-state index in [1.54, 1.807) is 13.2 Å².